The Morgan fingerprint density at radius 2 is 2.00 bits per heavy atom. The third-order valence-corrected chi connectivity index (χ3v) is 2.83. The van der Waals surface area contributed by atoms with E-state index < -0.39 is 4.92 Å². The molecule has 2 aromatic rings. The van der Waals surface area contributed by atoms with Gasteiger partial charge in [0.25, 0.3) is 5.69 Å². The molecule has 0 spiro atoms. The first-order valence-corrected chi connectivity index (χ1v) is 5.72. The van der Waals surface area contributed by atoms with Crippen molar-refractivity contribution in [2.24, 2.45) is 0 Å². The Hall–Kier alpha value is -2.56. The number of ether oxygens (including phenoxy) is 1. The zero-order valence-electron chi connectivity index (χ0n) is 10.4. The van der Waals surface area contributed by atoms with Gasteiger partial charge in [0.2, 0.25) is 0 Å². The first-order valence-electron chi connectivity index (χ1n) is 5.72. The van der Waals surface area contributed by atoms with Gasteiger partial charge in [0.1, 0.15) is 18.1 Å². The van der Waals surface area contributed by atoms with Gasteiger partial charge in [0.05, 0.1) is 4.92 Å². The second kappa shape index (κ2) is 5.39. The van der Waals surface area contributed by atoms with E-state index in [9.17, 15) is 15.2 Å². The molecule has 2 rings (SSSR count). The van der Waals surface area contributed by atoms with Crippen LogP contribution in [0.3, 0.4) is 0 Å². The van der Waals surface area contributed by atoms with Crippen LogP contribution in [0.2, 0.25) is 0 Å². The SMILES string of the molecule is Cc1c(COc2cccc(O)c2)cccc1[N+](=O)[O-]. The van der Waals surface area contributed by atoms with Gasteiger partial charge in [-0.3, -0.25) is 10.1 Å². The molecular formula is C14H13NO4. The summed E-state index contributed by atoms with van der Waals surface area (Å²) in [7, 11) is 0. The number of nitro benzene ring substituents is 1. The smallest absolute Gasteiger partial charge is 0.272 e. The number of hydrogen-bond acceptors (Lipinski definition) is 4. The lowest BCUT2D eigenvalue weighted by Gasteiger charge is -2.09. The molecule has 0 aliphatic heterocycles. The molecule has 0 saturated carbocycles. The summed E-state index contributed by atoms with van der Waals surface area (Å²) in [4.78, 5) is 10.4. The van der Waals surface area contributed by atoms with Gasteiger partial charge in [-0.2, -0.15) is 0 Å². The summed E-state index contributed by atoms with van der Waals surface area (Å²) >= 11 is 0. The van der Waals surface area contributed by atoms with Crippen LogP contribution in [-0.2, 0) is 6.61 Å². The van der Waals surface area contributed by atoms with Crippen molar-refractivity contribution < 1.29 is 14.8 Å². The summed E-state index contributed by atoms with van der Waals surface area (Å²) in [6, 6.07) is 11.3. The van der Waals surface area contributed by atoms with Crippen molar-refractivity contribution in [3.8, 4) is 11.5 Å². The normalized spacial score (nSPS) is 10.2. The molecule has 0 saturated heterocycles. The first kappa shape index (κ1) is 12.9. The van der Waals surface area contributed by atoms with Gasteiger partial charge in [-0.15, -0.1) is 0 Å². The Bertz CT molecular complexity index is 610. The number of hydrogen-bond donors (Lipinski definition) is 1. The van der Waals surface area contributed by atoms with Gasteiger partial charge in [-0.05, 0) is 24.6 Å². The maximum Gasteiger partial charge on any atom is 0.272 e. The van der Waals surface area contributed by atoms with Crippen molar-refractivity contribution in [3.63, 3.8) is 0 Å². The van der Waals surface area contributed by atoms with Crippen molar-refractivity contribution in [3.05, 3.63) is 63.7 Å². The van der Waals surface area contributed by atoms with E-state index in [4.69, 9.17) is 4.74 Å². The predicted octanol–water partition coefficient (Wildman–Crippen LogP) is 3.19. The number of phenols is 1. The van der Waals surface area contributed by atoms with Crippen molar-refractivity contribution in [2.75, 3.05) is 0 Å². The lowest BCUT2D eigenvalue weighted by Crippen LogP contribution is -2.00. The van der Waals surface area contributed by atoms with Crippen LogP contribution in [0.5, 0.6) is 11.5 Å². The fourth-order valence-corrected chi connectivity index (χ4v) is 1.76. The number of rotatable bonds is 4. The van der Waals surface area contributed by atoms with Gasteiger partial charge < -0.3 is 9.84 Å². The molecule has 98 valence electrons. The van der Waals surface area contributed by atoms with E-state index in [1.54, 1.807) is 37.3 Å². The molecule has 0 amide bonds. The first-order chi connectivity index (χ1) is 9.08. The maximum atomic E-state index is 10.8. The van der Waals surface area contributed by atoms with E-state index in [0.717, 1.165) is 5.56 Å². The minimum Gasteiger partial charge on any atom is -0.508 e. The molecule has 0 aliphatic carbocycles. The topological polar surface area (TPSA) is 72.6 Å². The van der Waals surface area contributed by atoms with Gasteiger partial charge in [-0.1, -0.05) is 18.2 Å². The average molecular weight is 259 g/mol. The highest BCUT2D eigenvalue weighted by atomic mass is 16.6. The molecule has 0 aromatic heterocycles. The molecule has 0 atom stereocenters. The van der Waals surface area contributed by atoms with Crippen LogP contribution in [0.1, 0.15) is 11.1 Å². The monoisotopic (exact) mass is 259 g/mol. The van der Waals surface area contributed by atoms with E-state index in [1.165, 1.54) is 12.1 Å². The van der Waals surface area contributed by atoms with Crippen molar-refractivity contribution in [2.45, 2.75) is 13.5 Å². The van der Waals surface area contributed by atoms with Crippen molar-refractivity contribution >= 4 is 5.69 Å². The minimum absolute atomic E-state index is 0.0806. The highest BCUT2D eigenvalue weighted by molar-refractivity contribution is 5.44. The molecule has 0 aliphatic rings. The molecule has 19 heavy (non-hydrogen) atoms. The standard InChI is InChI=1S/C14H13NO4/c1-10-11(4-2-7-14(10)15(17)18)9-19-13-6-3-5-12(16)8-13/h2-8,16H,9H2,1H3. The molecule has 2 aromatic carbocycles. The van der Waals surface area contributed by atoms with Crippen LogP contribution in [0.15, 0.2) is 42.5 Å². The second-order valence-corrected chi connectivity index (χ2v) is 4.10. The van der Waals surface area contributed by atoms with Crippen molar-refractivity contribution in [1.82, 2.24) is 0 Å². The Labute approximate surface area is 110 Å². The predicted molar refractivity (Wildman–Crippen MR) is 70.3 cm³/mol. The summed E-state index contributed by atoms with van der Waals surface area (Å²) in [5, 5.41) is 20.1. The van der Waals surface area contributed by atoms with Crippen LogP contribution in [-0.4, -0.2) is 10.0 Å². The minimum atomic E-state index is -0.410. The summed E-state index contributed by atoms with van der Waals surface area (Å²) in [5.41, 5.74) is 1.42. The van der Waals surface area contributed by atoms with Gasteiger partial charge in [0.15, 0.2) is 0 Å². The van der Waals surface area contributed by atoms with E-state index in [0.29, 0.717) is 11.3 Å². The summed E-state index contributed by atoms with van der Waals surface area (Å²) in [6.45, 7) is 1.91. The number of nitrogens with zero attached hydrogens (tertiary/aromatic N) is 1. The van der Waals surface area contributed by atoms with Crippen LogP contribution in [0.4, 0.5) is 5.69 Å². The van der Waals surface area contributed by atoms with Gasteiger partial charge in [-0.25, -0.2) is 0 Å². The number of nitro groups is 1. The molecule has 1 N–H and O–H groups in total. The summed E-state index contributed by atoms with van der Waals surface area (Å²) < 4.78 is 5.51. The average Bonchev–Trinajstić information content (AvgIpc) is 2.37. The molecule has 0 radical (unpaired) electrons. The maximum absolute atomic E-state index is 10.8. The van der Waals surface area contributed by atoms with E-state index >= 15 is 0 Å². The molecule has 0 bridgehead atoms. The quantitative estimate of drug-likeness (QED) is 0.676. The number of phenolic OH excluding ortho intramolecular Hbond substituents is 1. The summed E-state index contributed by atoms with van der Waals surface area (Å²) in [6.07, 6.45) is 0. The Balaban J connectivity index is 2.16. The van der Waals surface area contributed by atoms with Crippen LogP contribution in [0, 0.1) is 17.0 Å². The largest absolute Gasteiger partial charge is 0.508 e. The third-order valence-electron chi connectivity index (χ3n) is 2.83. The molecule has 0 heterocycles. The highest BCUT2D eigenvalue weighted by Gasteiger charge is 2.13. The lowest BCUT2D eigenvalue weighted by molar-refractivity contribution is -0.385. The molecule has 0 fully saturated rings. The van der Waals surface area contributed by atoms with E-state index in [2.05, 4.69) is 0 Å². The lowest BCUT2D eigenvalue weighted by atomic mass is 10.1. The van der Waals surface area contributed by atoms with Crippen molar-refractivity contribution in [1.29, 1.82) is 0 Å². The summed E-state index contributed by atoms with van der Waals surface area (Å²) in [5.74, 6) is 0.638. The zero-order valence-corrected chi connectivity index (χ0v) is 10.4. The van der Waals surface area contributed by atoms with Gasteiger partial charge >= 0.3 is 0 Å². The second-order valence-electron chi connectivity index (χ2n) is 4.10. The van der Waals surface area contributed by atoms with Crippen LogP contribution < -0.4 is 4.74 Å². The number of aromatic hydroxyl groups is 1. The molecule has 0 unspecified atom stereocenters. The van der Waals surface area contributed by atoms with Crippen LogP contribution in [0.25, 0.3) is 0 Å². The van der Waals surface area contributed by atoms with Crippen LogP contribution >= 0.6 is 0 Å². The molecule has 5 heteroatoms. The van der Waals surface area contributed by atoms with E-state index in [-0.39, 0.29) is 18.0 Å². The molecular weight excluding hydrogens is 246 g/mol. The molecule has 5 nitrogen and oxygen atoms in total. The number of benzene rings is 2. The third kappa shape index (κ3) is 3.01. The highest BCUT2D eigenvalue weighted by Crippen LogP contribution is 2.23. The Kier molecular flexibility index (Phi) is 3.66. The van der Waals surface area contributed by atoms with Gasteiger partial charge in [0, 0.05) is 17.7 Å². The van der Waals surface area contributed by atoms with E-state index in [1.807, 2.05) is 0 Å². The Morgan fingerprint density at radius 3 is 2.68 bits per heavy atom. The fourth-order valence-electron chi connectivity index (χ4n) is 1.76. The fraction of sp³-hybridized carbons (Fsp3) is 0.143. The zero-order chi connectivity index (χ0) is 13.8. The Morgan fingerprint density at radius 1 is 1.26 bits per heavy atom.